The molecule has 1 rings (SSSR count). The van der Waals surface area contributed by atoms with Gasteiger partial charge in [-0.2, -0.15) is 25.3 Å². The number of primary amides is 1. The first-order chi connectivity index (χ1) is 52.8. The number of aliphatic carboxylic acids is 3. The number of thiol groups is 2. The minimum absolute atomic E-state index is 0.0242. The first-order valence-corrected chi connectivity index (χ1v) is 39.3. The van der Waals surface area contributed by atoms with E-state index in [4.69, 9.17) is 22.9 Å². The third-order valence-electron chi connectivity index (χ3n) is 19.0. The molecular formula is C71H123N19O21S2. The predicted octanol–water partition coefficient (Wildman–Crippen LogP) is -4.11. The van der Waals surface area contributed by atoms with E-state index in [9.17, 15) is 102 Å². The summed E-state index contributed by atoms with van der Waals surface area (Å²) in [6.45, 7) is 21.2. The summed E-state index contributed by atoms with van der Waals surface area (Å²) in [4.78, 5) is 248. The van der Waals surface area contributed by atoms with Gasteiger partial charge in [-0.15, -0.1) is 0 Å². The maximum Gasteiger partial charge on any atom is 0.325 e. The summed E-state index contributed by atoms with van der Waals surface area (Å²) in [6.07, 6.45) is -2.29. The van der Waals surface area contributed by atoms with E-state index < -0.39 is 259 Å². The smallest absolute Gasteiger partial charge is 0.325 e. The average molecular weight is 1640 g/mol. The molecule has 40 nitrogen and oxygen atoms in total. The number of carbonyl (C=O) groups excluding carboxylic acids is 15. The summed E-state index contributed by atoms with van der Waals surface area (Å²) in [7, 11) is 0. The molecule has 0 radical (unpaired) electrons. The Kier molecular flexibility index (Phi) is 45.9. The fourth-order valence-electron chi connectivity index (χ4n) is 11.4. The van der Waals surface area contributed by atoms with Gasteiger partial charge in [0.1, 0.15) is 84.6 Å². The standard InChI is InChI=1S/C71H123N19O21S2/c1-14-35(8)53(73)66(106)78-39(12)57(97)84-46(30-34(6)7)62(102)88-54(36(9)15-2)67(107)85-45(29-33(4)5)61(101)83-44(23-26-52(94)95)69(109)90-28-18-20-49(90)65(105)89-55(37(10)16-3)68(108)87-48(32-113)64(104)86-47(31-112)63(103)82-42(21-24-50(72)91)59(99)81-43(22-25-51(92)93)60(100)80-41(19-17-27-76-71(74)75)58(98)77-38(11)56(96)79-40(13)70(110)111/h33-49,53-55,112-113H,14-32,73H2,1-13H3,(H2,72,91)(H,77,98)(H,78,106)(H,79,96)(H,80,100)(H,81,99)(H,82,103)(H,83,101)(H,84,97)(H,85,107)(H,86,104)(H,87,108)(H,88,102)(H,89,105)(H,92,93)(H,94,95)(H,110,111)(H4,74,75,76)/t35-,36-,37-,38-,39-,40-,41-,42-,43-,44-,45-,46-,47-,48-,49-,53-,54-,55-/m0/s1. The number of nitrogens with one attached hydrogen (secondary N) is 13. The molecule has 640 valence electrons. The second kappa shape index (κ2) is 51.2. The Hall–Kier alpha value is -9.61. The van der Waals surface area contributed by atoms with Crippen LogP contribution in [0.25, 0.3) is 0 Å². The number of likely N-dealkylation sites (tertiary alicyclic amines) is 1. The monoisotopic (exact) mass is 1640 g/mol. The van der Waals surface area contributed by atoms with Crippen LogP contribution in [0.15, 0.2) is 4.99 Å². The van der Waals surface area contributed by atoms with Gasteiger partial charge < -0.3 is 112 Å². The maximum absolute atomic E-state index is 14.7. The van der Waals surface area contributed by atoms with E-state index in [1.54, 1.807) is 48.5 Å². The van der Waals surface area contributed by atoms with Crippen molar-refractivity contribution in [1.82, 2.24) is 74.0 Å². The van der Waals surface area contributed by atoms with E-state index >= 15 is 0 Å². The van der Waals surface area contributed by atoms with Crippen LogP contribution in [-0.4, -0.2) is 248 Å². The zero-order chi connectivity index (χ0) is 86.4. The molecule has 42 heteroatoms. The van der Waals surface area contributed by atoms with Gasteiger partial charge in [-0.3, -0.25) is 91.3 Å². The normalized spacial score (nSPS) is 17.1. The van der Waals surface area contributed by atoms with Crippen LogP contribution >= 0.6 is 25.3 Å². The van der Waals surface area contributed by atoms with Crippen molar-refractivity contribution in [3.63, 3.8) is 0 Å². The van der Waals surface area contributed by atoms with Gasteiger partial charge in [-0.25, -0.2) is 0 Å². The fourth-order valence-corrected chi connectivity index (χ4v) is 12.0. The Labute approximate surface area is 669 Å². The molecule has 18 atom stereocenters. The highest BCUT2D eigenvalue weighted by atomic mass is 32.1. The maximum atomic E-state index is 14.7. The molecule has 1 saturated heterocycles. The summed E-state index contributed by atoms with van der Waals surface area (Å²) in [5.41, 5.74) is 22.3. The van der Waals surface area contributed by atoms with Crippen LogP contribution in [0.4, 0.5) is 0 Å². The van der Waals surface area contributed by atoms with Gasteiger partial charge in [0.25, 0.3) is 0 Å². The number of hydrogen-bond acceptors (Lipinski definition) is 22. The molecule has 0 bridgehead atoms. The molecule has 0 aromatic heterocycles. The largest absolute Gasteiger partial charge is 0.481 e. The lowest BCUT2D eigenvalue weighted by Gasteiger charge is -2.32. The zero-order valence-corrected chi connectivity index (χ0v) is 68.6. The van der Waals surface area contributed by atoms with Gasteiger partial charge in [0, 0.05) is 43.9 Å². The van der Waals surface area contributed by atoms with Crippen LogP contribution < -0.4 is 92.1 Å². The molecular weight excluding hydrogens is 1520 g/mol. The van der Waals surface area contributed by atoms with Crippen molar-refractivity contribution in [3.8, 4) is 0 Å². The number of carboxylic acids is 3. The average Bonchev–Trinajstić information content (AvgIpc) is 1.72. The molecule has 1 aliphatic heterocycles. The minimum Gasteiger partial charge on any atom is -0.481 e. The van der Waals surface area contributed by atoms with Gasteiger partial charge in [0.15, 0.2) is 5.96 Å². The molecule has 0 aromatic rings. The molecule has 0 unspecified atom stereocenters. The van der Waals surface area contributed by atoms with Crippen LogP contribution in [0.3, 0.4) is 0 Å². The van der Waals surface area contributed by atoms with E-state index in [-0.39, 0.29) is 81.7 Å². The number of amides is 15. The molecule has 0 saturated carbocycles. The van der Waals surface area contributed by atoms with Crippen molar-refractivity contribution in [2.75, 3.05) is 24.6 Å². The van der Waals surface area contributed by atoms with Crippen molar-refractivity contribution in [1.29, 1.82) is 0 Å². The van der Waals surface area contributed by atoms with E-state index in [1.807, 2.05) is 20.8 Å². The topological polar surface area (TPSA) is 644 Å². The molecule has 1 fully saturated rings. The third kappa shape index (κ3) is 36.4. The highest BCUT2D eigenvalue weighted by Gasteiger charge is 2.43. The second-order valence-electron chi connectivity index (χ2n) is 29.3. The first-order valence-electron chi connectivity index (χ1n) is 38.0. The lowest BCUT2D eigenvalue weighted by Crippen LogP contribution is -2.62. The van der Waals surface area contributed by atoms with E-state index in [0.717, 1.165) is 4.90 Å². The number of nitrogens with zero attached hydrogens (tertiary/aromatic N) is 2. The number of carboxylic acid groups (broad SMARTS) is 3. The minimum atomic E-state index is -1.79. The molecule has 0 aliphatic carbocycles. The summed E-state index contributed by atoms with van der Waals surface area (Å²) in [6, 6.07) is -21.2. The van der Waals surface area contributed by atoms with Crippen molar-refractivity contribution in [2.45, 2.75) is 277 Å². The Morgan fingerprint density at radius 3 is 1.20 bits per heavy atom. The number of hydrogen-bond donors (Lipinski definition) is 22. The molecule has 15 amide bonds. The molecule has 24 N–H and O–H groups in total. The second-order valence-corrected chi connectivity index (χ2v) is 30.0. The zero-order valence-electron chi connectivity index (χ0n) is 66.8. The van der Waals surface area contributed by atoms with E-state index in [1.165, 1.54) is 20.8 Å². The Morgan fingerprint density at radius 1 is 0.416 bits per heavy atom. The fraction of sp³-hybridized carbons (Fsp3) is 0.732. The highest BCUT2D eigenvalue weighted by Crippen LogP contribution is 2.23. The van der Waals surface area contributed by atoms with Crippen LogP contribution in [0.2, 0.25) is 0 Å². The SMILES string of the molecule is CC[C@H](C)[C@H](N)C(=O)N[C@@H](C)C(=O)N[C@@H](CC(C)C)C(=O)N[C@H](C(=O)N[C@@H](CC(C)C)C(=O)N[C@@H](CCC(=O)O)C(=O)N1CCC[C@H]1C(=O)N[C@H](C(=O)N[C@@H](CS)C(=O)N[C@@H](CS)C(=O)N[C@@H](CCC(N)=O)C(=O)N[C@@H](CCC(=O)O)C(=O)N[C@@H](CCCN=C(N)N)C(=O)N[C@@H](C)C(=O)N[C@@H](C)C(=O)O)[C@@H](C)CC)[C@@H](C)CC. The lowest BCUT2D eigenvalue weighted by atomic mass is 9.95. The number of carbonyl (C=O) groups is 18. The number of rotatable bonds is 53. The van der Waals surface area contributed by atoms with Crippen LogP contribution in [0.5, 0.6) is 0 Å². The van der Waals surface area contributed by atoms with Crippen molar-refractivity contribution >= 4 is 138 Å². The molecule has 1 aliphatic rings. The summed E-state index contributed by atoms with van der Waals surface area (Å²) in [5, 5.41) is 61.2. The number of guanidine groups is 1. The third-order valence-corrected chi connectivity index (χ3v) is 19.7. The Balaban J connectivity index is 3.55. The molecule has 1 heterocycles. The first kappa shape index (κ1) is 101. The van der Waals surface area contributed by atoms with Gasteiger partial charge in [-0.1, -0.05) is 88.5 Å². The molecule has 0 aromatic carbocycles. The van der Waals surface area contributed by atoms with Crippen molar-refractivity contribution < 1.29 is 102 Å². The Bertz CT molecular complexity index is 3330. The number of nitrogens with two attached hydrogens (primary N) is 4. The van der Waals surface area contributed by atoms with Crippen LogP contribution in [0, 0.1) is 29.6 Å². The molecule has 113 heavy (non-hydrogen) atoms. The number of aliphatic imine (C=N–C) groups is 1. The van der Waals surface area contributed by atoms with E-state index in [0.29, 0.717) is 12.8 Å². The quantitative estimate of drug-likeness (QED) is 0.0119. The van der Waals surface area contributed by atoms with Gasteiger partial charge in [0.05, 0.1) is 6.04 Å². The highest BCUT2D eigenvalue weighted by molar-refractivity contribution is 7.80. The Morgan fingerprint density at radius 2 is 0.770 bits per heavy atom. The van der Waals surface area contributed by atoms with Gasteiger partial charge in [0.2, 0.25) is 88.6 Å². The summed E-state index contributed by atoms with van der Waals surface area (Å²) in [5.74, 6) is -21.0. The van der Waals surface area contributed by atoms with E-state index in [2.05, 4.69) is 99.4 Å². The van der Waals surface area contributed by atoms with Crippen LogP contribution in [0.1, 0.15) is 186 Å². The van der Waals surface area contributed by atoms with Crippen LogP contribution in [-0.2, 0) is 86.3 Å². The van der Waals surface area contributed by atoms with Crippen molar-refractivity contribution in [2.24, 2.45) is 57.5 Å². The van der Waals surface area contributed by atoms with Gasteiger partial charge >= 0.3 is 17.9 Å². The van der Waals surface area contributed by atoms with Crippen molar-refractivity contribution in [3.05, 3.63) is 0 Å². The predicted molar refractivity (Wildman–Crippen MR) is 420 cm³/mol. The summed E-state index contributed by atoms with van der Waals surface area (Å²) < 4.78 is 0. The summed E-state index contributed by atoms with van der Waals surface area (Å²) >= 11 is 8.48. The lowest BCUT2D eigenvalue weighted by molar-refractivity contribution is -0.144. The van der Waals surface area contributed by atoms with Gasteiger partial charge in [-0.05, 0) is 108 Å². The molecule has 0 spiro atoms.